The molecule has 0 unspecified atom stereocenters. The largest absolute Gasteiger partial charge is 0.457 e. The molecule has 9 atom stereocenters. The highest BCUT2D eigenvalue weighted by Gasteiger charge is 2.58. The van der Waals surface area contributed by atoms with Crippen LogP contribution in [0.5, 0.6) is 0 Å². The molecule has 1 aromatic carbocycles. The number of benzene rings is 1. The standard InChI is InChI=1S/C38H56BN7O6S/c1-8-31-38(6)34(46(36(49)52-38)15-10-9-14-45-21-30(43-44-45)26-12-11-13-27(40)16-26)25(4)42-19-23(2)18-37(5,50-7)33(39)24(3)32(47)29(35(48)51-31)17-28-20-41-22-53-28/h11-13,16,20-25,29,31,33-34,42H,8-10,14-15,17-19,39-40H2,1-7H3/t23-,24+,25-,29-,31-,33-,34-,37-,38-/m1/s1. The number of rotatable bonds is 10. The van der Waals surface area contributed by atoms with Crippen LogP contribution in [0.1, 0.15) is 72.1 Å². The van der Waals surface area contributed by atoms with Gasteiger partial charge in [-0.1, -0.05) is 38.1 Å². The van der Waals surface area contributed by atoms with Crippen LogP contribution in [0.15, 0.2) is 42.2 Å². The van der Waals surface area contributed by atoms with E-state index in [9.17, 15) is 14.4 Å². The Kier molecular flexibility index (Phi) is 13.0. The number of amides is 1. The molecule has 0 spiro atoms. The monoisotopic (exact) mass is 749 g/mol. The van der Waals surface area contributed by atoms with Crippen molar-refractivity contribution < 1.29 is 28.6 Å². The van der Waals surface area contributed by atoms with E-state index in [-0.39, 0.29) is 30.0 Å². The predicted octanol–water partition coefficient (Wildman–Crippen LogP) is 4.57. The lowest BCUT2D eigenvalue weighted by atomic mass is 9.62. The number of carbonyl (C=O) groups is 3. The normalized spacial score (nSPS) is 31.7. The molecule has 2 aromatic heterocycles. The number of nitrogens with one attached hydrogen (secondary N) is 1. The van der Waals surface area contributed by atoms with Crippen LogP contribution in [-0.4, -0.2) is 100 Å². The molecule has 2 saturated heterocycles. The van der Waals surface area contributed by atoms with E-state index in [2.05, 4.69) is 34.5 Å². The first-order chi connectivity index (χ1) is 25.2. The molecule has 0 saturated carbocycles. The molecule has 13 nitrogen and oxygen atoms in total. The maximum atomic E-state index is 14.3. The van der Waals surface area contributed by atoms with Gasteiger partial charge in [0.25, 0.3) is 0 Å². The summed E-state index contributed by atoms with van der Waals surface area (Å²) in [5, 5.41) is 12.3. The van der Waals surface area contributed by atoms with Crippen LogP contribution in [-0.2, 0) is 36.8 Å². The van der Waals surface area contributed by atoms with Crippen molar-refractivity contribution in [3.63, 3.8) is 0 Å². The number of cyclic esters (lactones) is 1. The lowest BCUT2D eigenvalue weighted by Crippen LogP contribution is -2.61. The van der Waals surface area contributed by atoms with Crippen LogP contribution in [0.3, 0.4) is 0 Å². The van der Waals surface area contributed by atoms with E-state index >= 15 is 0 Å². The summed E-state index contributed by atoms with van der Waals surface area (Å²) in [4.78, 5) is 49.1. The Hall–Kier alpha value is -3.82. The smallest absolute Gasteiger partial charge is 0.410 e. The number of hydrogen-bond donors (Lipinski definition) is 2. The van der Waals surface area contributed by atoms with Crippen molar-refractivity contribution in [1.82, 2.24) is 30.2 Å². The van der Waals surface area contributed by atoms with Gasteiger partial charge < -0.3 is 25.3 Å². The summed E-state index contributed by atoms with van der Waals surface area (Å²) in [6, 6.07) is 6.85. The van der Waals surface area contributed by atoms with Crippen LogP contribution >= 0.6 is 11.3 Å². The highest BCUT2D eigenvalue weighted by atomic mass is 32.1. The quantitative estimate of drug-likeness (QED) is 0.0982. The number of methoxy groups -OCH3 is 1. The zero-order valence-electron chi connectivity index (χ0n) is 32.4. The SMILES string of the molecule is B[C@@H]1[C@@H](C)C(=O)[C@@H](Cc2cncs2)C(=O)O[C@H](CC)[C@@]2(C)OC(=O)N(CCCCn3cc(-c4cccc(N)c4)nn3)[C@@H]2[C@@H](C)NC[C@H](C)C[C@@]1(C)OC. The van der Waals surface area contributed by atoms with Gasteiger partial charge >= 0.3 is 12.1 Å². The third-order valence-corrected chi connectivity index (χ3v) is 12.5. The molecule has 1 amide bonds. The van der Waals surface area contributed by atoms with Gasteiger partial charge in [0.05, 0.1) is 23.4 Å². The summed E-state index contributed by atoms with van der Waals surface area (Å²) in [5.74, 6) is -2.35. The molecule has 0 aliphatic carbocycles. The van der Waals surface area contributed by atoms with Gasteiger partial charge in [-0.2, -0.15) is 0 Å². The molecule has 3 aromatic rings. The van der Waals surface area contributed by atoms with Crippen molar-refractivity contribution in [1.29, 1.82) is 0 Å². The fraction of sp³-hybridized carbons (Fsp3) is 0.632. The number of fused-ring (bicyclic) bond motifs is 1. The maximum Gasteiger partial charge on any atom is 0.410 e. The first-order valence-electron chi connectivity index (χ1n) is 18.9. The van der Waals surface area contributed by atoms with Crippen molar-refractivity contribution in [3.8, 4) is 11.3 Å². The Balaban J connectivity index is 1.39. The van der Waals surface area contributed by atoms with Crippen molar-refractivity contribution >= 4 is 42.7 Å². The number of anilines is 1. The molecule has 288 valence electrons. The Bertz CT molecular complexity index is 1710. The van der Waals surface area contributed by atoms with Crippen LogP contribution in [0.25, 0.3) is 11.3 Å². The number of ketones is 1. The number of carbonyl (C=O) groups excluding carboxylic acids is 3. The lowest BCUT2D eigenvalue weighted by Gasteiger charge is -2.41. The van der Waals surface area contributed by atoms with Crippen molar-refractivity contribution in [2.75, 3.05) is 25.9 Å². The molecule has 5 rings (SSSR count). The van der Waals surface area contributed by atoms with Crippen LogP contribution in [0, 0.1) is 17.8 Å². The van der Waals surface area contributed by atoms with Gasteiger partial charge in [-0.15, -0.1) is 16.4 Å². The molecule has 0 radical (unpaired) electrons. The summed E-state index contributed by atoms with van der Waals surface area (Å²) in [5.41, 5.74) is 8.14. The zero-order valence-corrected chi connectivity index (χ0v) is 33.2. The molecule has 2 aliphatic heterocycles. The van der Waals surface area contributed by atoms with Gasteiger partial charge in [0, 0.05) is 60.9 Å². The number of nitrogens with two attached hydrogens (primary N) is 1. The third kappa shape index (κ3) is 8.95. The van der Waals surface area contributed by atoms with E-state index in [1.165, 1.54) is 11.3 Å². The Labute approximate surface area is 318 Å². The number of aryl methyl sites for hydroxylation is 1. The van der Waals surface area contributed by atoms with E-state index < -0.39 is 47.2 Å². The van der Waals surface area contributed by atoms with Crippen molar-refractivity contribution in [2.45, 2.75) is 115 Å². The van der Waals surface area contributed by atoms with E-state index in [0.717, 1.165) is 22.6 Å². The van der Waals surface area contributed by atoms with Crippen LogP contribution in [0.2, 0.25) is 5.82 Å². The minimum absolute atomic E-state index is 0.169. The Morgan fingerprint density at radius 3 is 2.58 bits per heavy atom. The average molecular weight is 750 g/mol. The van der Waals surface area contributed by atoms with Crippen molar-refractivity contribution in [2.24, 2.45) is 17.8 Å². The number of unbranched alkanes of at least 4 members (excludes halogenated alkanes) is 1. The van der Waals surface area contributed by atoms with Crippen molar-refractivity contribution in [3.05, 3.63) is 47.0 Å². The fourth-order valence-corrected chi connectivity index (χ4v) is 8.90. The highest BCUT2D eigenvalue weighted by molar-refractivity contribution is 7.09. The first kappa shape index (κ1) is 40.4. The molecule has 15 heteroatoms. The Morgan fingerprint density at radius 2 is 1.91 bits per heavy atom. The molecule has 0 bridgehead atoms. The van der Waals surface area contributed by atoms with Gasteiger partial charge in [-0.3, -0.25) is 24.2 Å². The van der Waals surface area contributed by atoms with E-state index in [0.29, 0.717) is 44.6 Å². The number of thiazole rings is 1. The number of nitrogen functional groups attached to an aromatic ring is 1. The summed E-state index contributed by atoms with van der Waals surface area (Å²) in [6.07, 6.45) is 5.02. The summed E-state index contributed by atoms with van der Waals surface area (Å²) in [6.45, 7) is 13.6. The zero-order chi connectivity index (χ0) is 38.5. The van der Waals surface area contributed by atoms with Gasteiger partial charge in [-0.05, 0) is 76.9 Å². The van der Waals surface area contributed by atoms with E-state index in [1.807, 2.05) is 66.0 Å². The van der Waals surface area contributed by atoms with Crippen LogP contribution < -0.4 is 11.1 Å². The van der Waals surface area contributed by atoms with Gasteiger partial charge in [-0.25, -0.2) is 4.79 Å². The number of aromatic nitrogens is 4. The topological polar surface area (TPSA) is 164 Å². The molecule has 53 heavy (non-hydrogen) atoms. The third-order valence-electron chi connectivity index (χ3n) is 11.7. The Morgan fingerprint density at radius 1 is 1.15 bits per heavy atom. The second-order valence-electron chi connectivity index (χ2n) is 15.5. The molecule has 4 heterocycles. The fourth-order valence-electron chi connectivity index (χ4n) is 8.26. The van der Waals surface area contributed by atoms with E-state index in [1.54, 1.807) is 28.4 Å². The number of ether oxygens (including phenoxy) is 3. The molecule has 2 aliphatic rings. The highest BCUT2D eigenvalue weighted by Crippen LogP contribution is 2.41. The lowest BCUT2D eigenvalue weighted by molar-refractivity contribution is -0.171. The number of Topliss-reactive ketones (excluding diaryl/α,β-unsaturated/α-hetero) is 1. The number of hydrogen-bond acceptors (Lipinski definition) is 12. The summed E-state index contributed by atoms with van der Waals surface area (Å²) in [7, 11) is 3.71. The van der Waals surface area contributed by atoms with Crippen LogP contribution in [0.4, 0.5) is 10.5 Å². The minimum Gasteiger partial charge on any atom is -0.457 e. The number of esters is 1. The van der Waals surface area contributed by atoms with Gasteiger partial charge in [0.1, 0.15) is 31.3 Å². The summed E-state index contributed by atoms with van der Waals surface area (Å²) < 4.78 is 20.5. The summed E-state index contributed by atoms with van der Waals surface area (Å²) >= 11 is 1.40. The van der Waals surface area contributed by atoms with E-state index in [4.69, 9.17) is 19.9 Å². The minimum atomic E-state index is -1.19. The predicted molar refractivity (Wildman–Crippen MR) is 207 cm³/mol. The average Bonchev–Trinajstić information content (AvgIpc) is 3.89. The van der Waals surface area contributed by atoms with Gasteiger partial charge in [0.15, 0.2) is 5.60 Å². The second kappa shape index (κ2) is 17.1. The first-order valence-corrected chi connectivity index (χ1v) is 19.7. The second-order valence-corrected chi connectivity index (χ2v) is 16.4. The maximum absolute atomic E-state index is 14.3. The molecule has 2 fully saturated rings. The molecule has 3 N–H and O–H groups in total. The number of nitrogens with zero attached hydrogens (tertiary/aromatic N) is 5. The molecular weight excluding hydrogens is 693 g/mol. The molecular formula is C38H56BN7O6S. The van der Waals surface area contributed by atoms with Gasteiger partial charge in [0.2, 0.25) is 0 Å².